The number of carbonyl (C=O) groups is 2. The van der Waals surface area contributed by atoms with Crippen LogP contribution in [0.25, 0.3) is 11.3 Å². The summed E-state index contributed by atoms with van der Waals surface area (Å²) in [5.41, 5.74) is 1.02. The highest BCUT2D eigenvalue weighted by Gasteiger charge is 2.38. The van der Waals surface area contributed by atoms with Crippen molar-refractivity contribution in [1.82, 2.24) is 15.4 Å². The molecule has 0 spiro atoms. The van der Waals surface area contributed by atoms with Crippen LogP contribution < -0.4 is 10.1 Å². The van der Waals surface area contributed by atoms with E-state index in [0.717, 1.165) is 24.2 Å². The monoisotopic (exact) mass is 427 g/mol. The summed E-state index contributed by atoms with van der Waals surface area (Å²) >= 11 is 0. The van der Waals surface area contributed by atoms with Crippen LogP contribution in [0.15, 0.2) is 34.9 Å². The molecule has 0 aliphatic carbocycles. The van der Waals surface area contributed by atoms with Gasteiger partial charge in [0.15, 0.2) is 11.5 Å². The fourth-order valence-corrected chi connectivity index (χ4v) is 3.97. The van der Waals surface area contributed by atoms with E-state index in [9.17, 15) is 9.59 Å². The second-order valence-electron chi connectivity index (χ2n) is 9.08. The summed E-state index contributed by atoms with van der Waals surface area (Å²) in [7, 11) is 1.61. The Morgan fingerprint density at radius 3 is 2.55 bits per heavy atom. The zero-order valence-electron chi connectivity index (χ0n) is 19.1. The first-order chi connectivity index (χ1) is 14.8. The van der Waals surface area contributed by atoms with E-state index < -0.39 is 6.04 Å². The van der Waals surface area contributed by atoms with Gasteiger partial charge in [0.1, 0.15) is 11.8 Å². The third-order valence-corrected chi connectivity index (χ3v) is 5.58. The van der Waals surface area contributed by atoms with Gasteiger partial charge in [0.2, 0.25) is 5.91 Å². The number of amides is 2. The van der Waals surface area contributed by atoms with Crippen molar-refractivity contribution in [3.8, 4) is 17.1 Å². The smallest absolute Gasteiger partial charge is 0.276 e. The molecule has 0 saturated carbocycles. The lowest BCUT2D eigenvalue weighted by Crippen LogP contribution is -2.61. The van der Waals surface area contributed by atoms with E-state index in [1.165, 1.54) is 0 Å². The number of hydrogen-bond donors (Lipinski definition) is 1. The van der Waals surface area contributed by atoms with Crippen LogP contribution in [0.1, 0.15) is 57.4 Å². The fourth-order valence-electron chi connectivity index (χ4n) is 3.97. The molecule has 1 aromatic heterocycles. The number of methoxy groups -OCH3 is 1. The molecule has 1 aliphatic heterocycles. The van der Waals surface area contributed by atoms with E-state index >= 15 is 0 Å². The molecule has 0 unspecified atom stereocenters. The molecular weight excluding hydrogens is 394 g/mol. The van der Waals surface area contributed by atoms with Crippen LogP contribution in [-0.2, 0) is 4.79 Å². The predicted octanol–water partition coefficient (Wildman–Crippen LogP) is 4.14. The lowest BCUT2D eigenvalue weighted by molar-refractivity contribution is -0.130. The molecule has 168 valence electrons. The number of carbonyl (C=O) groups excluding carboxylic acids is 2. The Bertz CT molecular complexity index is 888. The summed E-state index contributed by atoms with van der Waals surface area (Å²) < 4.78 is 10.6. The lowest BCUT2D eigenvalue weighted by atomic mass is 9.95. The van der Waals surface area contributed by atoms with Crippen LogP contribution in [0.4, 0.5) is 0 Å². The van der Waals surface area contributed by atoms with E-state index in [1.54, 1.807) is 18.1 Å². The van der Waals surface area contributed by atoms with Gasteiger partial charge in [-0.3, -0.25) is 9.59 Å². The molecule has 0 radical (unpaired) electrons. The van der Waals surface area contributed by atoms with Gasteiger partial charge >= 0.3 is 0 Å². The third kappa shape index (κ3) is 5.66. The fraction of sp³-hybridized carbons (Fsp3) is 0.542. The van der Waals surface area contributed by atoms with Crippen molar-refractivity contribution < 1.29 is 18.8 Å². The standard InChI is InChI=1S/C24H33N3O4/c1-15(2)6-11-21-23(28)25-18(12-16(3)4)14-27(21)24(29)20-13-22(31-26-20)17-7-9-19(30-5)10-8-17/h7-10,13,15-16,18,21H,6,11-12,14H2,1-5H3,(H,25,28)/t18-,21-/m0/s1. The van der Waals surface area contributed by atoms with Gasteiger partial charge < -0.3 is 19.5 Å². The minimum Gasteiger partial charge on any atom is -0.497 e. The van der Waals surface area contributed by atoms with E-state index in [4.69, 9.17) is 9.26 Å². The SMILES string of the molecule is COc1ccc(-c2cc(C(=O)N3C[C@H](CC(C)C)NC(=O)[C@@H]3CCC(C)C)no2)cc1. The average molecular weight is 428 g/mol. The highest BCUT2D eigenvalue weighted by molar-refractivity contribution is 5.97. The first kappa shape index (κ1) is 22.8. The summed E-state index contributed by atoms with van der Waals surface area (Å²) in [6.07, 6.45) is 2.32. The molecule has 1 saturated heterocycles. The number of nitrogens with zero attached hydrogens (tertiary/aromatic N) is 2. The Balaban J connectivity index is 1.82. The van der Waals surface area contributed by atoms with Gasteiger partial charge in [-0.15, -0.1) is 0 Å². The Kier molecular flexibility index (Phi) is 7.36. The summed E-state index contributed by atoms with van der Waals surface area (Å²) in [5.74, 6) is 1.77. The molecule has 2 amide bonds. The van der Waals surface area contributed by atoms with E-state index in [0.29, 0.717) is 30.6 Å². The summed E-state index contributed by atoms with van der Waals surface area (Å²) in [5, 5.41) is 7.13. The molecule has 1 aromatic carbocycles. The number of hydrogen-bond acceptors (Lipinski definition) is 5. The Labute approximate surface area is 184 Å². The maximum atomic E-state index is 13.4. The molecule has 31 heavy (non-hydrogen) atoms. The first-order valence-electron chi connectivity index (χ1n) is 11.0. The number of rotatable bonds is 8. The first-order valence-corrected chi connectivity index (χ1v) is 11.0. The van der Waals surface area contributed by atoms with Gasteiger partial charge in [0.25, 0.3) is 5.91 Å². The molecule has 2 heterocycles. The predicted molar refractivity (Wildman–Crippen MR) is 119 cm³/mol. The summed E-state index contributed by atoms with van der Waals surface area (Å²) in [6, 6.07) is 8.46. The zero-order chi connectivity index (χ0) is 22.5. The lowest BCUT2D eigenvalue weighted by Gasteiger charge is -2.40. The van der Waals surface area contributed by atoms with E-state index in [2.05, 4.69) is 38.2 Å². The van der Waals surface area contributed by atoms with Crippen LogP contribution in [0.5, 0.6) is 5.75 Å². The molecule has 7 nitrogen and oxygen atoms in total. The topological polar surface area (TPSA) is 84.7 Å². The van der Waals surface area contributed by atoms with Crippen molar-refractivity contribution in [3.05, 3.63) is 36.0 Å². The number of piperazine rings is 1. The van der Waals surface area contributed by atoms with Crippen LogP contribution in [-0.4, -0.2) is 47.6 Å². The number of benzene rings is 1. The van der Waals surface area contributed by atoms with Crippen molar-refractivity contribution in [2.75, 3.05) is 13.7 Å². The van der Waals surface area contributed by atoms with Gasteiger partial charge in [0.05, 0.1) is 7.11 Å². The van der Waals surface area contributed by atoms with Crippen LogP contribution in [0, 0.1) is 11.8 Å². The van der Waals surface area contributed by atoms with Crippen molar-refractivity contribution in [1.29, 1.82) is 0 Å². The molecule has 7 heteroatoms. The number of ether oxygens (including phenoxy) is 1. The van der Waals surface area contributed by atoms with Crippen LogP contribution >= 0.6 is 0 Å². The highest BCUT2D eigenvalue weighted by Crippen LogP contribution is 2.26. The molecular formula is C24H33N3O4. The maximum Gasteiger partial charge on any atom is 0.276 e. The average Bonchev–Trinajstić information content (AvgIpc) is 3.22. The molecule has 1 fully saturated rings. The third-order valence-electron chi connectivity index (χ3n) is 5.58. The largest absolute Gasteiger partial charge is 0.497 e. The highest BCUT2D eigenvalue weighted by atomic mass is 16.5. The van der Waals surface area contributed by atoms with Gasteiger partial charge in [0, 0.05) is 24.2 Å². The van der Waals surface area contributed by atoms with Crippen molar-refractivity contribution in [2.24, 2.45) is 11.8 Å². The van der Waals surface area contributed by atoms with Crippen LogP contribution in [0.2, 0.25) is 0 Å². The van der Waals surface area contributed by atoms with E-state index in [-0.39, 0.29) is 23.6 Å². The molecule has 2 atom stereocenters. The summed E-state index contributed by atoms with van der Waals surface area (Å²) in [6.45, 7) is 8.94. The van der Waals surface area contributed by atoms with Crippen molar-refractivity contribution >= 4 is 11.8 Å². The maximum absolute atomic E-state index is 13.4. The minimum absolute atomic E-state index is 0.0558. The normalized spacial score (nSPS) is 19.1. The second kappa shape index (κ2) is 9.98. The Morgan fingerprint density at radius 1 is 1.23 bits per heavy atom. The summed E-state index contributed by atoms with van der Waals surface area (Å²) in [4.78, 5) is 27.9. The molecule has 2 aromatic rings. The molecule has 1 N–H and O–H groups in total. The second-order valence-corrected chi connectivity index (χ2v) is 9.08. The van der Waals surface area contributed by atoms with Crippen LogP contribution in [0.3, 0.4) is 0 Å². The van der Waals surface area contributed by atoms with Crippen molar-refractivity contribution in [2.45, 2.75) is 59.0 Å². The quantitative estimate of drug-likeness (QED) is 0.684. The van der Waals surface area contributed by atoms with Gasteiger partial charge in [-0.25, -0.2) is 0 Å². The Morgan fingerprint density at radius 2 is 1.94 bits per heavy atom. The number of aromatic nitrogens is 1. The zero-order valence-corrected chi connectivity index (χ0v) is 19.1. The molecule has 1 aliphatic rings. The van der Waals surface area contributed by atoms with Crippen molar-refractivity contribution in [3.63, 3.8) is 0 Å². The number of nitrogens with one attached hydrogen (secondary N) is 1. The Hall–Kier alpha value is -2.83. The van der Waals surface area contributed by atoms with Gasteiger partial charge in [-0.2, -0.15) is 0 Å². The van der Waals surface area contributed by atoms with Gasteiger partial charge in [-0.1, -0.05) is 32.9 Å². The van der Waals surface area contributed by atoms with E-state index in [1.807, 2.05) is 24.3 Å². The van der Waals surface area contributed by atoms with Gasteiger partial charge in [-0.05, 0) is 55.4 Å². The molecule has 0 bridgehead atoms. The minimum atomic E-state index is -0.487. The molecule has 3 rings (SSSR count).